The molecule has 2 aromatic rings. The molecule has 132 valence electrons. The predicted molar refractivity (Wildman–Crippen MR) is 97.2 cm³/mol. The average molecular weight is 338 g/mol. The highest BCUT2D eigenvalue weighted by Crippen LogP contribution is 2.27. The summed E-state index contributed by atoms with van der Waals surface area (Å²) in [4.78, 5) is 17.5. The van der Waals surface area contributed by atoms with Crippen LogP contribution in [0.1, 0.15) is 42.5 Å². The summed E-state index contributed by atoms with van der Waals surface area (Å²) in [5.41, 5.74) is 3.94. The Morgan fingerprint density at radius 3 is 2.88 bits per heavy atom. The molecule has 1 amide bonds. The van der Waals surface area contributed by atoms with Crippen LogP contribution in [0.4, 0.5) is 0 Å². The second-order valence-corrected chi connectivity index (χ2v) is 7.30. The zero-order chi connectivity index (χ0) is 17.2. The van der Waals surface area contributed by atoms with Crippen LogP contribution in [-0.2, 0) is 17.8 Å². The van der Waals surface area contributed by atoms with E-state index in [9.17, 15) is 4.79 Å². The molecule has 4 rings (SSSR count). The number of nitrogens with one attached hydrogen (secondary N) is 1. The van der Waals surface area contributed by atoms with Gasteiger partial charge in [-0.25, -0.2) is 0 Å². The first kappa shape index (κ1) is 16.3. The van der Waals surface area contributed by atoms with Gasteiger partial charge in [0.15, 0.2) is 0 Å². The van der Waals surface area contributed by atoms with Crippen molar-refractivity contribution in [2.75, 3.05) is 19.6 Å². The molecule has 1 aromatic carbocycles. The SMILES string of the molecule is CC(C(=O)N1CCCC(c2ccn[nH]2)C1)N1CCc2ccccc2C1. The van der Waals surface area contributed by atoms with Gasteiger partial charge < -0.3 is 4.90 Å². The highest BCUT2D eigenvalue weighted by Gasteiger charge is 2.32. The molecule has 0 bridgehead atoms. The Bertz CT molecular complexity index is 727. The van der Waals surface area contributed by atoms with Crippen LogP contribution in [0.15, 0.2) is 36.5 Å². The van der Waals surface area contributed by atoms with Gasteiger partial charge in [0.05, 0.1) is 6.04 Å². The molecule has 1 fully saturated rings. The van der Waals surface area contributed by atoms with Crippen molar-refractivity contribution in [3.05, 3.63) is 53.3 Å². The normalized spacial score (nSPS) is 22.4. The summed E-state index contributed by atoms with van der Waals surface area (Å²) < 4.78 is 0. The van der Waals surface area contributed by atoms with Gasteiger partial charge >= 0.3 is 0 Å². The molecule has 5 heteroatoms. The summed E-state index contributed by atoms with van der Waals surface area (Å²) in [6.07, 6.45) is 5.01. The molecule has 3 heterocycles. The quantitative estimate of drug-likeness (QED) is 0.936. The van der Waals surface area contributed by atoms with Crippen LogP contribution in [0.3, 0.4) is 0 Å². The fourth-order valence-corrected chi connectivity index (χ4v) is 4.19. The summed E-state index contributed by atoms with van der Waals surface area (Å²) in [5.74, 6) is 0.651. The monoisotopic (exact) mass is 338 g/mol. The van der Waals surface area contributed by atoms with Crippen LogP contribution >= 0.6 is 0 Å². The highest BCUT2D eigenvalue weighted by atomic mass is 16.2. The van der Waals surface area contributed by atoms with Gasteiger partial charge in [-0.2, -0.15) is 5.10 Å². The third kappa shape index (κ3) is 3.33. The smallest absolute Gasteiger partial charge is 0.239 e. The Hall–Kier alpha value is -2.14. The number of benzene rings is 1. The van der Waals surface area contributed by atoms with Crippen LogP contribution < -0.4 is 0 Å². The number of hydrogen-bond donors (Lipinski definition) is 1. The maximum atomic E-state index is 13.1. The first-order chi connectivity index (χ1) is 12.2. The van der Waals surface area contributed by atoms with Gasteiger partial charge in [-0.05, 0) is 43.4 Å². The first-order valence-corrected chi connectivity index (χ1v) is 9.31. The van der Waals surface area contributed by atoms with Crippen LogP contribution in [0.5, 0.6) is 0 Å². The van der Waals surface area contributed by atoms with Crippen LogP contribution in [0, 0.1) is 0 Å². The van der Waals surface area contributed by atoms with Crippen molar-refractivity contribution in [2.24, 2.45) is 0 Å². The Morgan fingerprint density at radius 2 is 2.08 bits per heavy atom. The molecule has 0 saturated carbocycles. The van der Waals surface area contributed by atoms with Crippen molar-refractivity contribution in [3.63, 3.8) is 0 Å². The van der Waals surface area contributed by atoms with E-state index < -0.39 is 0 Å². The van der Waals surface area contributed by atoms with Crippen molar-refractivity contribution in [1.82, 2.24) is 20.0 Å². The number of fused-ring (bicyclic) bond motifs is 1. The second-order valence-electron chi connectivity index (χ2n) is 7.30. The lowest BCUT2D eigenvalue weighted by molar-refractivity contribution is -0.138. The van der Waals surface area contributed by atoms with E-state index in [4.69, 9.17) is 0 Å². The molecule has 0 aliphatic carbocycles. The fraction of sp³-hybridized carbons (Fsp3) is 0.500. The number of aromatic amines is 1. The lowest BCUT2D eigenvalue weighted by Gasteiger charge is -2.38. The van der Waals surface area contributed by atoms with Gasteiger partial charge in [0, 0.05) is 44.0 Å². The number of likely N-dealkylation sites (tertiary alicyclic amines) is 1. The highest BCUT2D eigenvalue weighted by molar-refractivity contribution is 5.81. The standard InChI is InChI=1S/C20H26N4O/c1-15(23-12-9-16-5-2-3-6-17(16)13-23)20(25)24-11-4-7-18(14-24)19-8-10-21-22-19/h2-3,5-6,8,10,15,18H,4,7,9,11-14H2,1H3,(H,21,22). The third-order valence-corrected chi connectivity index (χ3v) is 5.76. The molecule has 1 N–H and O–H groups in total. The van der Waals surface area contributed by atoms with E-state index in [2.05, 4.69) is 51.2 Å². The predicted octanol–water partition coefficient (Wildman–Crippen LogP) is 2.56. The van der Waals surface area contributed by atoms with Crippen LogP contribution in [-0.4, -0.2) is 51.6 Å². The van der Waals surface area contributed by atoms with Crippen molar-refractivity contribution in [3.8, 4) is 0 Å². The summed E-state index contributed by atoms with van der Waals surface area (Å²) in [5, 5.41) is 7.13. The third-order valence-electron chi connectivity index (χ3n) is 5.76. The molecule has 0 radical (unpaired) electrons. The van der Waals surface area contributed by atoms with Crippen molar-refractivity contribution in [1.29, 1.82) is 0 Å². The Morgan fingerprint density at radius 1 is 1.24 bits per heavy atom. The lowest BCUT2D eigenvalue weighted by atomic mass is 9.94. The van der Waals surface area contributed by atoms with Crippen LogP contribution in [0.2, 0.25) is 0 Å². The van der Waals surface area contributed by atoms with E-state index in [1.165, 1.54) is 11.1 Å². The number of piperidine rings is 1. The van der Waals surface area contributed by atoms with E-state index in [1.807, 2.05) is 6.07 Å². The van der Waals surface area contributed by atoms with Gasteiger partial charge in [-0.15, -0.1) is 0 Å². The van der Waals surface area contributed by atoms with Crippen molar-refractivity contribution in [2.45, 2.75) is 44.7 Å². The number of nitrogens with zero attached hydrogens (tertiary/aromatic N) is 3. The maximum absolute atomic E-state index is 13.1. The van der Waals surface area contributed by atoms with E-state index in [-0.39, 0.29) is 11.9 Å². The molecule has 5 nitrogen and oxygen atoms in total. The molecule has 1 saturated heterocycles. The van der Waals surface area contributed by atoms with Crippen LogP contribution in [0.25, 0.3) is 0 Å². The van der Waals surface area contributed by atoms with Gasteiger partial charge in [0.1, 0.15) is 0 Å². The minimum Gasteiger partial charge on any atom is -0.341 e. The Balaban J connectivity index is 1.42. The largest absolute Gasteiger partial charge is 0.341 e. The summed E-state index contributed by atoms with van der Waals surface area (Å²) in [6, 6.07) is 10.6. The minimum atomic E-state index is -0.0612. The molecule has 2 aliphatic heterocycles. The first-order valence-electron chi connectivity index (χ1n) is 9.31. The molecule has 2 unspecified atom stereocenters. The van der Waals surface area contributed by atoms with E-state index in [1.54, 1.807) is 6.20 Å². The summed E-state index contributed by atoms with van der Waals surface area (Å²) in [6.45, 7) is 5.58. The van der Waals surface area contributed by atoms with Crippen molar-refractivity contribution < 1.29 is 4.79 Å². The molecule has 0 spiro atoms. The topological polar surface area (TPSA) is 52.2 Å². The Kier molecular flexibility index (Phi) is 4.57. The molecule has 2 aliphatic rings. The number of rotatable bonds is 3. The minimum absolute atomic E-state index is 0.0612. The van der Waals surface area contributed by atoms with Gasteiger partial charge in [-0.1, -0.05) is 24.3 Å². The lowest BCUT2D eigenvalue weighted by Crippen LogP contribution is -2.50. The number of carbonyl (C=O) groups excluding carboxylic acids is 1. The van der Waals surface area contributed by atoms with Gasteiger partial charge in [-0.3, -0.25) is 14.8 Å². The summed E-state index contributed by atoms with van der Waals surface area (Å²) >= 11 is 0. The van der Waals surface area contributed by atoms with Gasteiger partial charge in [0.25, 0.3) is 0 Å². The number of amides is 1. The Labute approximate surface area is 149 Å². The summed E-state index contributed by atoms with van der Waals surface area (Å²) in [7, 11) is 0. The maximum Gasteiger partial charge on any atom is 0.239 e. The zero-order valence-corrected chi connectivity index (χ0v) is 14.8. The van der Waals surface area contributed by atoms with Gasteiger partial charge in [0.2, 0.25) is 5.91 Å². The second kappa shape index (κ2) is 7.00. The van der Waals surface area contributed by atoms with Crippen molar-refractivity contribution >= 4 is 5.91 Å². The van der Waals surface area contributed by atoms with E-state index in [0.29, 0.717) is 5.92 Å². The number of aromatic nitrogens is 2. The number of hydrogen-bond acceptors (Lipinski definition) is 3. The number of H-pyrrole nitrogens is 1. The molecule has 25 heavy (non-hydrogen) atoms. The average Bonchev–Trinajstić information content (AvgIpc) is 3.21. The van der Waals surface area contributed by atoms with E-state index in [0.717, 1.165) is 51.1 Å². The molecule has 2 atom stereocenters. The fourth-order valence-electron chi connectivity index (χ4n) is 4.19. The van der Waals surface area contributed by atoms with E-state index >= 15 is 0 Å². The molecular formula is C20H26N4O. The molecular weight excluding hydrogens is 312 g/mol. The number of carbonyl (C=O) groups is 1. The zero-order valence-electron chi connectivity index (χ0n) is 14.8. The molecule has 1 aromatic heterocycles.